The van der Waals surface area contributed by atoms with Gasteiger partial charge >= 0.3 is 6.03 Å². The second kappa shape index (κ2) is 24.5. The summed E-state index contributed by atoms with van der Waals surface area (Å²) in [6.07, 6.45) is 9.45. The summed E-state index contributed by atoms with van der Waals surface area (Å²) in [4.78, 5) is 89.0. The molecule has 4 N–H and O–H groups in total. The molecule has 0 spiro atoms. The highest BCUT2D eigenvalue weighted by atomic mass is 16.5. The van der Waals surface area contributed by atoms with E-state index >= 15 is 0 Å². The SMILES string of the molecule is CC(C)(CCCCNC(=O)COc1cccc2c1C(=O)N(C1CCC(=O)NC1=O)C2=O)OCCC(C)(C)Oc1cc(-c2ccc(N(C(=O)NCc3ccccc3)[C@H]3CC[C@H](Nc4ccc(C#N)cn4)CC3)cc2)ccn1. The van der Waals surface area contributed by atoms with Crippen molar-refractivity contribution in [1.82, 2.24) is 30.8 Å². The van der Waals surface area contributed by atoms with Crippen molar-refractivity contribution in [3.8, 4) is 28.8 Å². The van der Waals surface area contributed by atoms with Gasteiger partial charge in [-0.1, -0.05) is 48.5 Å². The number of nitrogens with one attached hydrogen (secondary N) is 4. The van der Waals surface area contributed by atoms with Gasteiger partial charge in [0.2, 0.25) is 17.7 Å². The van der Waals surface area contributed by atoms with Crippen molar-refractivity contribution in [2.24, 2.45) is 0 Å². The molecular weight excluding hydrogens is 967 g/mol. The van der Waals surface area contributed by atoms with Crippen LogP contribution < -0.4 is 35.6 Å². The summed E-state index contributed by atoms with van der Waals surface area (Å²) in [5.41, 5.74) is 3.23. The molecule has 3 aliphatic rings. The fraction of sp³-hybridized carbons (Fsp3) is 0.397. The Morgan fingerprint density at radius 3 is 2.32 bits per heavy atom. The van der Waals surface area contributed by atoms with E-state index in [1.807, 2.05) is 105 Å². The first-order chi connectivity index (χ1) is 36.6. The Hall–Kier alpha value is -8.17. The van der Waals surface area contributed by atoms with E-state index in [1.54, 1.807) is 24.5 Å². The summed E-state index contributed by atoms with van der Waals surface area (Å²) in [7, 11) is 0. The van der Waals surface area contributed by atoms with Crippen LogP contribution in [0, 0.1) is 11.3 Å². The van der Waals surface area contributed by atoms with Crippen molar-refractivity contribution in [3.63, 3.8) is 0 Å². The van der Waals surface area contributed by atoms with Crippen molar-refractivity contribution in [2.75, 3.05) is 30.0 Å². The lowest BCUT2D eigenvalue weighted by molar-refractivity contribution is -0.136. The monoisotopic (exact) mass is 1030 g/mol. The van der Waals surface area contributed by atoms with Crippen LogP contribution in [0.1, 0.15) is 124 Å². The first kappa shape index (κ1) is 54.1. The number of hydrogen-bond acceptors (Lipinski definition) is 13. The average molecular weight is 1030 g/mol. The van der Waals surface area contributed by atoms with Crippen LogP contribution in [0.4, 0.5) is 16.3 Å². The number of ether oxygens (including phenoxy) is 3. The minimum absolute atomic E-state index is 0.00767. The minimum Gasteiger partial charge on any atom is -0.483 e. The number of pyridine rings is 2. The van der Waals surface area contributed by atoms with Crippen LogP contribution in [-0.4, -0.2) is 99.5 Å². The number of fused-ring (bicyclic) bond motifs is 1. The van der Waals surface area contributed by atoms with Gasteiger partial charge in [-0.3, -0.25) is 39.1 Å². The molecule has 2 aromatic heterocycles. The van der Waals surface area contributed by atoms with Gasteiger partial charge < -0.3 is 30.2 Å². The Labute approximate surface area is 442 Å². The minimum atomic E-state index is -1.11. The molecule has 1 aliphatic carbocycles. The van der Waals surface area contributed by atoms with Gasteiger partial charge in [0.25, 0.3) is 17.7 Å². The molecule has 18 nitrogen and oxygen atoms in total. The first-order valence-corrected chi connectivity index (χ1v) is 25.9. The maximum atomic E-state index is 14.0. The maximum absolute atomic E-state index is 14.0. The number of nitriles is 1. The molecule has 1 saturated heterocycles. The number of urea groups is 1. The molecule has 4 heterocycles. The van der Waals surface area contributed by atoms with E-state index in [2.05, 4.69) is 37.3 Å². The third kappa shape index (κ3) is 14.0. The van der Waals surface area contributed by atoms with Gasteiger partial charge in [-0.05, 0) is 138 Å². The van der Waals surface area contributed by atoms with Crippen LogP contribution in [0.2, 0.25) is 0 Å². The number of carbonyl (C=O) groups excluding carboxylic acids is 6. The van der Waals surface area contributed by atoms with Gasteiger partial charge in [-0.15, -0.1) is 0 Å². The summed E-state index contributed by atoms with van der Waals surface area (Å²) in [6.45, 7) is 8.95. The van der Waals surface area contributed by atoms with Crippen LogP contribution in [0.15, 0.2) is 109 Å². The lowest BCUT2D eigenvalue weighted by Gasteiger charge is -2.37. The molecule has 18 heteroatoms. The molecular formula is C58H65N9O9. The van der Waals surface area contributed by atoms with Gasteiger partial charge in [0.05, 0.1) is 28.9 Å². The van der Waals surface area contributed by atoms with Crippen LogP contribution in [0.5, 0.6) is 11.6 Å². The van der Waals surface area contributed by atoms with Crippen LogP contribution in [0.3, 0.4) is 0 Å². The van der Waals surface area contributed by atoms with E-state index in [0.29, 0.717) is 44.0 Å². The Morgan fingerprint density at radius 1 is 0.816 bits per heavy atom. The van der Waals surface area contributed by atoms with E-state index < -0.39 is 46.8 Å². The molecule has 7 amide bonds. The molecule has 1 atom stereocenters. The summed E-state index contributed by atoms with van der Waals surface area (Å²) in [6, 6.07) is 30.9. The van der Waals surface area contributed by atoms with Crippen LogP contribution >= 0.6 is 0 Å². The molecule has 396 valence electrons. The average Bonchev–Trinajstić information content (AvgIpc) is 3.68. The van der Waals surface area contributed by atoms with Gasteiger partial charge in [-0.2, -0.15) is 5.26 Å². The largest absolute Gasteiger partial charge is 0.483 e. The number of rotatable bonds is 22. The fourth-order valence-corrected chi connectivity index (χ4v) is 9.73. The van der Waals surface area contributed by atoms with E-state index in [0.717, 1.165) is 71.6 Å². The van der Waals surface area contributed by atoms with E-state index in [-0.39, 0.29) is 54.4 Å². The van der Waals surface area contributed by atoms with Crippen LogP contribution in [0.25, 0.3) is 11.1 Å². The highest BCUT2D eigenvalue weighted by Gasteiger charge is 2.46. The van der Waals surface area contributed by atoms with Crippen molar-refractivity contribution in [1.29, 1.82) is 5.26 Å². The van der Waals surface area contributed by atoms with Crippen molar-refractivity contribution >= 4 is 47.1 Å². The molecule has 0 radical (unpaired) electrons. The van der Waals surface area contributed by atoms with E-state index in [4.69, 9.17) is 19.5 Å². The highest BCUT2D eigenvalue weighted by Crippen LogP contribution is 2.35. The van der Waals surface area contributed by atoms with E-state index in [1.165, 1.54) is 12.1 Å². The Balaban J connectivity index is 0.774. The number of imide groups is 2. The van der Waals surface area contributed by atoms with Crippen molar-refractivity contribution in [2.45, 2.75) is 128 Å². The number of piperidine rings is 1. The van der Waals surface area contributed by atoms with Crippen molar-refractivity contribution in [3.05, 3.63) is 132 Å². The molecule has 1 unspecified atom stereocenters. The Bertz CT molecular complexity index is 2930. The molecule has 3 aromatic carbocycles. The smallest absolute Gasteiger partial charge is 0.322 e. The highest BCUT2D eigenvalue weighted by molar-refractivity contribution is 6.24. The molecule has 0 bridgehead atoms. The number of amides is 7. The summed E-state index contributed by atoms with van der Waals surface area (Å²) < 4.78 is 18.5. The van der Waals surface area contributed by atoms with Crippen molar-refractivity contribution < 1.29 is 43.0 Å². The number of unbranched alkanes of at least 4 members (excludes halogenated alkanes) is 1. The lowest BCUT2D eigenvalue weighted by atomic mass is 9.89. The number of benzene rings is 3. The quantitative estimate of drug-likeness (QED) is 0.0378. The Morgan fingerprint density at radius 2 is 1.59 bits per heavy atom. The molecule has 5 aromatic rings. The third-order valence-electron chi connectivity index (χ3n) is 13.9. The van der Waals surface area contributed by atoms with Gasteiger partial charge in [0.15, 0.2) is 6.61 Å². The number of anilines is 2. The number of nitrogens with zero attached hydrogens (tertiary/aromatic N) is 5. The predicted octanol–water partition coefficient (Wildman–Crippen LogP) is 8.26. The second-order valence-electron chi connectivity index (χ2n) is 20.6. The second-order valence-corrected chi connectivity index (χ2v) is 20.6. The fourth-order valence-electron chi connectivity index (χ4n) is 9.73. The topological polar surface area (TPSA) is 234 Å². The zero-order valence-electron chi connectivity index (χ0n) is 43.4. The number of aromatic nitrogens is 2. The number of carbonyl (C=O) groups is 6. The predicted molar refractivity (Wildman–Crippen MR) is 284 cm³/mol. The standard InChI is InChI=1S/C58H65N9O9/c1-57(2,28-8-9-30-60-50(69)37-74-47-14-10-13-45-52(47)55(72)67(54(45)71)46-24-26-49(68)65-53(46)70)75-32-29-58(3,4)76-51-33-41(27-31-61-51)40-16-20-43(21-17-40)66(56(73)63-35-38-11-6-5-7-12-38)44-22-18-42(19-23-44)64-48-25-15-39(34-59)36-62-48/h5-7,10-17,20-21,25,27,31,33,36,42,44,46H,8-9,18-19,22-24,26,28-30,32,35,37H2,1-4H3,(H,60,69)(H,62,64)(H,63,73)(H,65,68,70)/t42-,44-,46?. The Kier molecular flexibility index (Phi) is 17.4. The summed E-state index contributed by atoms with van der Waals surface area (Å²) in [5.74, 6) is -1.65. The summed E-state index contributed by atoms with van der Waals surface area (Å²) in [5, 5.41) is 20.8. The summed E-state index contributed by atoms with van der Waals surface area (Å²) >= 11 is 0. The first-order valence-electron chi connectivity index (χ1n) is 25.9. The normalized spacial score (nSPS) is 17.5. The maximum Gasteiger partial charge on any atom is 0.322 e. The molecule has 1 saturated carbocycles. The van der Waals surface area contributed by atoms with Gasteiger partial charge in [0.1, 0.15) is 29.3 Å². The lowest BCUT2D eigenvalue weighted by Crippen LogP contribution is -2.54. The zero-order chi connectivity index (χ0) is 53.8. The van der Waals surface area contributed by atoms with Gasteiger partial charge in [-0.25, -0.2) is 14.8 Å². The van der Waals surface area contributed by atoms with E-state index in [9.17, 15) is 28.8 Å². The van der Waals surface area contributed by atoms with Crippen LogP contribution in [-0.2, 0) is 25.7 Å². The molecule has 2 fully saturated rings. The molecule has 8 rings (SSSR count). The zero-order valence-corrected chi connectivity index (χ0v) is 43.4. The molecule has 76 heavy (non-hydrogen) atoms. The number of hydrogen-bond donors (Lipinski definition) is 4. The van der Waals surface area contributed by atoms with Gasteiger partial charge in [0, 0.05) is 62.2 Å². The third-order valence-corrected chi connectivity index (χ3v) is 13.9. The molecule has 2 aliphatic heterocycles.